The lowest BCUT2D eigenvalue weighted by Crippen LogP contribution is -1.94. The molecule has 3 aromatic heterocycles. The Labute approximate surface area is 79.4 Å². The van der Waals surface area contributed by atoms with Gasteiger partial charge in [0.15, 0.2) is 5.65 Å². The summed E-state index contributed by atoms with van der Waals surface area (Å²) in [6.07, 6.45) is 7.03. The molecule has 0 amide bonds. The standard InChI is InChI=1S/C9H7N5/c1-2-7-4-13-14(9(7)10-3-1)8-5-11-12-6-8/h1-6H,(H,11,12). The number of pyridine rings is 1. The van der Waals surface area contributed by atoms with Crippen molar-refractivity contribution in [3.05, 3.63) is 36.9 Å². The van der Waals surface area contributed by atoms with Gasteiger partial charge in [-0.05, 0) is 12.1 Å². The van der Waals surface area contributed by atoms with Crippen molar-refractivity contribution in [2.24, 2.45) is 0 Å². The van der Waals surface area contributed by atoms with Gasteiger partial charge in [-0.15, -0.1) is 0 Å². The Morgan fingerprint density at radius 2 is 2.29 bits per heavy atom. The van der Waals surface area contributed by atoms with Crippen LogP contribution in [0.1, 0.15) is 0 Å². The Hall–Kier alpha value is -2.17. The molecule has 0 aliphatic heterocycles. The topological polar surface area (TPSA) is 59.4 Å². The molecule has 68 valence electrons. The SMILES string of the molecule is c1cnc2c(c1)cnn2-c1cn[nH]c1. The van der Waals surface area contributed by atoms with Gasteiger partial charge in [0.05, 0.1) is 12.4 Å². The lowest BCUT2D eigenvalue weighted by atomic mass is 10.4. The Bertz CT molecular complexity index is 551. The minimum Gasteiger partial charge on any atom is -0.283 e. The van der Waals surface area contributed by atoms with Crippen LogP contribution < -0.4 is 0 Å². The lowest BCUT2D eigenvalue weighted by molar-refractivity contribution is 0.898. The summed E-state index contributed by atoms with van der Waals surface area (Å²) in [7, 11) is 0. The van der Waals surface area contributed by atoms with Crippen molar-refractivity contribution in [1.82, 2.24) is 25.0 Å². The molecule has 0 atom stereocenters. The van der Waals surface area contributed by atoms with Crippen LogP contribution >= 0.6 is 0 Å². The fourth-order valence-corrected chi connectivity index (χ4v) is 1.41. The van der Waals surface area contributed by atoms with Gasteiger partial charge < -0.3 is 0 Å². The molecular formula is C9H7N5. The number of nitrogens with zero attached hydrogens (tertiary/aromatic N) is 4. The molecular weight excluding hydrogens is 178 g/mol. The second kappa shape index (κ2) is 2.66. The van der Waals surface area contributed by atoms with E-state index in [4.69, 9.17) is 0 Å². The van der Waals surface area contributed by atoms with E-state index in [2.05, 4.69) is 20.3 Å². The monoisotopic (exact) mass is 185 g/mol. The zero-order chi connectivity index (χ0) is 9.38. The maximum Gasteiger partial charge on any atom is 0.163 e. The Morgan fingerprint density at radius 1 is 1.29 bits per heavy atom. The molecule has 0 aliphatic rings. The lowest BCUT2D eigenvalue weighted by Gasteiger charge is -1.96. The van der Waals surface area contributed by atoms with E-state index >= 15 is 0 Å². The van der Waals surface area contributed by atoms with Crippen LogP contribution in [-0.4, -0.2) is 25.0 Å². The Morgan fingerprint density at radius 3 is 3.14 bits per heavy atom. The van der Waals surface area contributed by atoms with E-state index in [-0.39, 0.29) is 0 Å². The zero-order valence-electron chi connectivity index (χ0n) is 7.25. The van der Waals surface area contributed by atoms with E-state index in [0.29, 0.717) is 0 Å². The molecule has 0 fully saturated rings. The number of rotatable bonds is 1. The predicted octanol–water partition coefficient (Wildman–Crippen LogP) is 1.14. The summed E-state index contributed by atoms with van der Waals surface area (Å²) in [4.78, 5) is 4.26. The van der Waals surface area contributed by atoms with Gasteiger partial charge in [-0.3, -0.25) is 5.10 Å². The Balaban J connectivity index is 2.33. The number of fused-ring (bicyclic) bond motifs is 1. The first-order valence-corrected chi connectivity index (χ1v) is 4.23. The van der Waals surface area contributed by atoms with Crippen molar-refractivity contribution in [1.29, 1.82) is 0 Å². The van der Waals surface area contributed by atoms with Gasteiger partial charge >= 0.3 is 0 Å². The molecule has 3 heterocycles. The average Bonchev–Trinajstić information content (AvgIpc) is 2.85. The van der Waals surface area contributed by atoms with Crippen molar-refractivity contribution in [3.63, 3.8) is 0 Å². The van der Waals surface area contributed by atoms with Gasteiger partial charge in [-0.2, -0.15) is 10.2 Å². The smallest absolute Gasteiger partial charge is 0.163 e. The van der Waals surface area contributed by atoms with Gasteiger partial charge in [0.1, 0.15) is 5.69 Å². The first-order chi connectivity index (χ1) is 6.95. The van der Waals surface area contributed by atoms with E-state index in [1.807, 2.05) is 12.1 Å². The first-order valence-electron chi connectivity index (χ1n) is 4.23. The molecule has 0 spiro atoms. The van der Waals surface area contributed by atoms with E-state index in [9.17, 15) is 0 Å². The van der Waals surface area contributed by atoms with Gasteiger partial charge in [0.2, 0.25) is 0 Å². The second-order valence-electron chi connectivity index (χ2n) is 2.93. The number of aromatic nitrogens is 5. The van der Waals surface area contributed by atoms with Crippen molar-refractivity contribution >= 4 is 11.0 Å². The highest BCUT2D eigenvalue weighted by Crippen LogP contribution is 2.13. The van der Waals surface area contributed by atoms with Gasteiger partial charge in [-0.25, -0.2) is 9.67 Å². The molecule has 0 aromatic carbocycles. The highest BCUT2D eigenvalue weighted by Gasteiger charge is 2.04. The van der Waals surface area contributed by atoms with Crippen molar-refractivity contribution in [2.75, 3.05) is 0 Å². The van der Waals surface area contributed by atoms with Crippen molar-refractivity contribution < 1.29 is 0 Å². The first kappa shape index (κ1) is 7.25. The minimum absolute atomic E-state index is 0.842. The molecule has 0 unspecified atom stereocenters. The van der Waals surface area contributed by atoms with Crippen LogP contribution in [0.2, 0.25) is 0 Å². The number of H-pyrrole nitrogens is 1. The van der Waals surface area contributed by atoms with Crippen LogP contribution in [0.15, 0.2) is 36.9 Å². The van der Waals surface area contributed by atoms with Crippen LogP contribution in [0.25, 0.3) is 16.7 Å². The van der Waals surface area contributed by atoms with Crippen LogP contribution in [0.5, 0.6) is 0 Å². The molecule has 14 heavy (non-hydrogen) atoms. The highest BCUT2D eigenvalue weighted by molar-refractivity contribution is 5.75. The molecule has 0 saturated carbocycles. The maximum absolute atomic E-state index is 4.26. The summed E-state index contributed by atoms with van der Waals surface area (Å²) in [6, 6.07) is 3.87. The summed E-state index contributed by atoms with van der Waals surface area (Å²) in [5.41, 5.74) is 1.73. The number of nitrogens with one attached hydrogen (secondary N) is 1. The number of hydrogen-bond donors (Lipinski definition) is 1. The van der Waals surface area contributed by atoms with Gasteiger partial charge in [-0.1, -0.05) is 0 Å². The molecule has 0 radical (unpaired) electrons. The normalized spacial score (nSPS) is 10.9. The number of hydrogen-bond acceptors (Lipinski definition) is 3. The van der Waals surface area contributed by atoms with Crippen LogP contribution in [0.3, 0.4) is 0 Å². The van der Waals surface area contributed by atoms with E-state index in [1.54, 1.807) is 29.5 Å². The second-order valence-corrected chi connectivity index (χ2v) is 2.93. The fraction of sp³-hybridized carbons (Fsp3) is 0. The summed E-state index contributed by atoms with van der Waals surface area (Å²) in [5.74, 6) is 0. The van der Waals surface area contributed by atoms with E-state index < -0.39 is 0 Å². The quantitative estimate of drug-likeness (QED) is 0.618. The number of aromatic amines is 1. The van der Waals surface area contributed by atoms with E-state index in [1.165, 1.54) is 0 Å². The van der Waals surface area contributed by atoms with E-state index in [0.717, 1.165) is 16.7 Å². The Kier molecular flexibility index (Phi) is 1.38. The van der Waals surface area contributed by atoms with Crippen molar-refractivity contribution in [3.8, 4) is 5.69 Å². The van der Waals surface area contributed by atoms with Crippen LogP contribution in [-0.2, 0) is 0 Å². The third kappa shape index (κ3) is 0.922. The average molecular weight is 185 g/mol. The summed E-state index contributed by atoms with van der Waals surface area (Å²) >= 11 is 0. The minimum atomic E-state index is 0.842. The van der Waals surface area contributed by atoms with Crippen LogP contribution in [0, 0.1) is 0 Å². The maximum atomic E-state index is 4.26. The molecule has 1 N–H and O–H groups in total. The fourth-order valence-electron chi connectivity index (χ4n) is 1.41. The highest BCUT2D eigenvalue weighted by atomic mass is 15.3. The molecule has 3 rings (SSSR count). The molecule has 3 aromatic rings. The van der Waals surface area contributed by atoms with Crippen molar-refractivity contribution in [2.45, 2.75) is 0 Å². The van der Waals surface area contributed by atoms with Gasteiger partial charge in [0, 0.05) is 17.8 Å². The largest absolute Gasteiger partial charge is 0.283 e. The molecule has 0 saturated heterocycles. The van der Waals surface area contributed by atoms with Gasteiger partial charge in [0.25, 0.3) is 0 Å². The molecule has 5 heteroatoms. The van der Waals surface area contributed by atoms with Crippen LogP contribution in [0.4, 0.5) is 0 Å². The summed E-state index contributed by atoms with van der Waals surface area (Å²) in [5, 5.41) is 11.9. The molecule has 0 bridgehead atoms. The predicted molar refractivity (Wildman–Crippen MR) is 51.0 cm³/mol. The molecule has 0 aliphatic carbocycles. The zero-order valence-corrected chi connectivity index (χ0v) is 7.25. The molecule has 5 nitrogen and oxygen atoms in total. The third-order valence-electron chi connectivity index (χ3n) is 2.06. The third-order valence-corrected chi connectivity index (χ3v) is 2.06. The summed E-state index contributed by atoms with van der Waals surface area (Å²) < 4.78 is 1.75. The summed E-state index contributed by atoms with van der Waals surface area (Å²) in [6.45, 7) is 0.